The number of hydrogen-bond acceptors (Lipinski definition) is 2. The second-order valence-corrected chi connectivity index (χ2v) is 7.68. The lowest BCUT2D eigenvalue weighted by molar-refractivity contribution is 1.09. The van der Waals surface area contributed by atoms with Crippen molar-refractivity contribution in [2.24, 2.45) is 0 Å². The molecule has 29 heavy (non-hydrogen) atoms. The van der Waals surface area contributed by atoms with E-state index in [1.54, 1.807) is 0 Å². The van der Waals surface area contributed by atoms with Crippen molar-refractivity contribution < 1.29 is 0 Å². The largest absolute Gasteiger partial charge is 0.345 e. The van der Waals surface area contributed by atoms with E-state index in [0.29, 0.717) is 0 Å². The van der Waals surface area contributed by atoms with Gasteiger partial charge in [0, 0.05) is 47.4 Å². The third kappa shape index (κ3) is 2.80. The zero-order chi connectivity index (χ0) is 20.0. The highest BCUT2D eigenvalue weighted by molar-refractivity contribution is 5.84. The quantitative estimate of drug-likeness (QED) is 0.526. The van der Waals surface area contributed by atoms with Crippen molar-refractivity contribution in [2.45, 2.75) is 12.8 Å². The first-order chi connectivity index (χ1) is 14.1. The van der Waals surface area contributed by atoms with Gasteiger partial charge in [-0.3, -0.25) is 0 Å². The van der Waals surface area contributed by atoms with Gasteiger partial charge in [-0.2, -0.15) is 0 Å². The summed E-state index contributed by atoms with van der Waals surface area (Å²) in [6.45, 7) is 8.83. The summed E-state index contributed by atoms with van der Waals surface area (Å²) in [6.07, 6.45) is 14.7. The lowest BCUT2D eigenvalue weighted by Crippen LogP contribution is -2.20. The summed E-state index contributed by atoms with van der Waals surface area (Å²) in [5.41, 5.74) is 10.6. The SMILES string of the molecule is C=C1\C=C/C=C2\Cc3c(cccc3N3C(=C)\C2=C/C=C\Cc2ccccc23)N1C. The standard InChI is InChI=1S/C27H24N2/c1-19-10-8-13-22-18-24-26(28(19)3)16-9-17-27(24)29-20(2)23(22)14-6-4-11-21-12-5-7-15-25(21)29/h4-10,12-17H,1-2,11,18H2,3H3/b6-4-,10-8-,22-13+,23-14+. The van der Waals surface area contributed by atoms with Crippen molar-refractivity contribution in [3.63, 3.8) is 0 Å². The number of para-hydroxylation sites is 1. The van der Waals surface area contributed by atoms with Gasteiger partial charge in [-0.05, 0) is 41.8 Å². The Morgan fingerprint density at radius 1 is 0.862 bits per heavy atom. The van der Waals surface area contributed by atoms with E-state index in [-0.39, 0.29) is 0 Å². The summed E-state index contributed by atoms with van der Waals surface area (Å²) in [7, 11) is 2.09. The molecule has 0 aliphatic carbocycles. The topological polar surface area (TPSA) is 6.48 Å². The van der Waals surface area contributed by atoms with Crippen LogP contribution in [0.5, 0.6) is 0 Å². The number of benzene rings is 2. The molecular weight excluding hydrogens is 352 g/mol. The lowest BCUT2D eigenvalue weighted by atomic mass is 9.96. The number of hydrogen-bond donors (Lipinski definition) is 0. The predicted molar refractivity (Wildman–Crippen MR) is 124 cm³/mol. The van der Waals surface area contributed by atoms with Crippen LogP contribution in [0.15, 0.2) is 115 Å². The normalized spacial score (nSPS) is 23.5. The summed E-state index contributed by atoms with van der Waals surface area (Å²) in [6, 6.07) is 15.2. The van der Waals surface area contributed by atoms with Crippen molar-refractivity contribution in [1.82, 2.24) is 0 Å². The number of anilines is 3. The van der Waals surface area contributed by atoms with Crippen molar-refractivity contribution in [3.8, 4) is 0 Å². The molecule has 3 aliphatic rings. The van der Waals surface area contributed by atoms with Gasteiger partial charge in [0.2, 0.25) is 0 Å². The second-order valence-electron chi connectivity index (χ2n) is 7.68. The molecule has 0 radical (unpaired) electrons. The Morgan fingerprint density at radius 2 is 1.66 bits per heavy atom. The minimum absolute atomic E-state index is 0.852. The van der Waals surface area contributed by atoms with Gasteiger partial charge >= 0.3 is 0 Å². The van der Waals surface area contributed by atoms with E-state index in [9.17, 15) is 0 Å². The van der Waals surface area contributed by atoms with Gasteiger partial charge in [0.1, 0.15) is 0 Å². The third-order valence-electron chi connectivity index (χ3n) is 6.01. The predicted octanol–water partition coefficient (Wildman–Crippen LogP) is 6.38. The molecule has 0 N–H and O–H groups in total. The highest BCUT2D eigenvalue weighted by atomic mass is 15.2. The van der Waals surface area contributed by atoms with Crippen LogP contribution < -0.4 is 9.80 Å². The van der Waals surface area contributed by atoms with E-state index in [0.717, 1.165) is 24.2 Å². The van der Waals surface area contributed by atoms with Crippen molar-refractivity contribution in [1.29, 1.82) is 0 Å². The molecule has 2 nitrogen and oxygen atoms in total. The number of allylic oxidation sites excluding steroid dienone is 7. The molecule has 0 saturated carbocycles. The molecule has 0 spiro atoms. The molecule has 0 fully saturated rings. The first-order valence-electron chi connectivity index (χ1n) is 10.0. The number of nitrogens with zero attached hydrogens (tertiary/aromatic N) is 2. The van der Waals surface area contributed by atoms with Gasteiger partial charge in [0.05, 0.1) is 5.69 Å². The molecule has 3 heterocycles. The van der Waals surface area contributed by atoms with Crippen molar-refractivity contribution >= 4 is 17.1 Å². The summed E-state index contributed by atoms with van der Waals surface area (Å²) in [5, 5.41) is 0. The van der Waals surface area contributed by atoms with Crippen LogP contribution in [0.4, 0.5) is 17.1 Å². The minimum Gasteiger partial charge on any atom is -0.345 e. The van der Waals surface area contributed by atoms with E-state index in [2.05, 4.69) is 109 Å². The number of likely N-dealkylation sites (N-methyl/N-ethyl adjacent to an activating group) is 1. The van der Waals surface area contributed by atoms with E-state index < -0.39 is 0 Å². The van der Waals surface area contributed by atoms with Gasteiger partial charge in [0.25, 0.3) is 0 Å². The first-order valence-corrected chi connectivity index (χ1v) is 10.0. The van der Waals surface area contributed by atoms with E-state index in [1.807, 2.05) is 0 Å². The van der Waals surface area contributed by atoms with Gasteiger partial charge < -0.3 is 9.80 Å². The zero-order valence-electron chi connectivity index (χ0n) is 16.7. The Hall–Kier alpha value is -3.52. The van der Waals surface area contributed by atoms with Crippen molar-refractivity contribution in [3.05, 3.63) is 126 Å². The average molecular weight is 377 g/mol. The van der Waals surface area contributed by atoms with E-state index in [4.69, 9.17) is 0 Å². The third-order valence-corrected chi connectivity index (χ3v) is 6.01. The average Bonchev–Trinajstić information content (AvgIpc) is 2.76. The van der Waals surface area contributed by atoms with Crippen LogP contribution in [0.1, 0.15) is 11.1 Å². The van der Waals surface area contributed by atoms with Crippen LogP contribution in [-0.4, -0.2) is 7.05 Å². The van der Waals surface area contributed by atoms with Crippen LogP contribution in [0, 0.1) is 0 Å². The molecule has 2 heteroatoms. The molecule has 5 rings (SSSR count). The van der Waals surface area contributed by atoms with Crippen LogP contribution in [0.25, 0.3) is 0 Å². The molecule has 142 valence electrons. The van der Waals surface area contributed by atoms with Crippen LogP contribution in [0.2, 0.25) is 0 Å². The Kier molecular flexibility index (Phi) is 4.13. The Bertz CT molecular complexity index is 1160. The summed E-state index contributed by atoms with van der Waals surface area (Å²) >= 11 is 0. The summed E-state index contributed by atoms with van der Waals surface area (Å²) in [5.74, 6) is 0. The van der Waals surface area contributed by atoms with Crippen LogP contribution in [-0.2, 0) is 12.8 Å². The monoisotopic (exact) mass is 376 g/mol. The smallest absolute Gasteiger partial charge is 0.0517 e. The Balaban J connectivity index is 1.88. The molecule has 4 bridgehead atoms. The Morgan fingerprint density at radius 3 is 2.55 bits per heavy atom. The van der Waals surface area contributed by atoms with Crippen molar-refractivity contribution in [2.75, 3.05) is 16.8 Å². The van der Waals surface area contributed by atoms with Gasteiger partial charge in [-0.25, -0.2) is 0 Å². The fourth-order valence-electron chi connectivity index (χ4n) is 4.43. The molecule has 2 aromatic rings. The maximum Gasteiger partial charge on any atom is 0.0517 e. The van der Waals surface area contributed by atoms with Gasteiger partial charge in [-0.15, -0.1) is 0 Å². The van der Waals surface area contributed by atoms with Gasteiger partial charge in [-0.1, -0.05) is 67.8 Å². The van der Waals surface area contributed by atoms with E-state index in [1.165, 1.54) is 39.3 Å². The highest BCUT2D eigenvalue weighted by Gasteiger charge is 2.29. The summed E-state index contributed by atoms with van der Waals surface area (Å²) < 4.78 is 0. The first kappa shape index (κ1) is 17.6. The fraction of sp³-hybridized carbons (Fsp3) is 0.111. The minimum atomic E-state index is 0.852. The molecule has 0 saturated heterocycles. The maximum atomic E-state index is 4.57. The van der Waals surface area contributed by atoms with Gasteiger partial charge in [0.15, 0.2) is 0 Å². The van der Waals surface area contributed by atoms with E-state index >= 15 is 0 Å². The maximum absolute atomic E-state index is 4.57. The van der Waals surface area contributed by atoms with Crippen LogP contribution >= 0.6 is 0 Å². The number of fused-ring (bicyclic) bond motifs is 7. The molecule has 0 aromatic heterocycles. The zero-order valence-corrected chi connectivity index (χ0v) is 16.7. The van der Waals surface area contributed by atoms with Crippen LogP contribution in [0.3, 0.4) is 0 Å². The molecule has 0 unspecified atom stereocenters. The highest BCUT2D eigenvalue weighted by Crippen LogP contribution is 2.46. The second kappa shape index (κ2) is 6.82. The molecular formula is C27H24N2. The molecule has 3 aliphatic heterocycles. The molecule has 0 atom stereocenters. The summed E-state index contributed by atoms with van der Waals surface area (Å²) in [4.78, 5) is 4.52. The molecule has 0 amide bonds. The lowest BCUT2D eigenvalue weighted by Gasteiger charge is -2.31. The Labute approximate surface area is 172 Å². The number of rotatable bonds is 0. The fourth-order valence-corrected chi connectivity index (χ4v) is 4.43. The molecule has 2 aromatic carbocycles.